The molecule has 6 heteroatoms. The second kappa shape index (κ2) is 7.45. The third-order valence-corrected chi connectivity index (χ3v) is 5.13. The number of nitrogens with one attached hydrogen (secondary N) is 1. The first-order chi connectivity index (χ1) is 13.2. The molecule has 0 aromatic heterocycles. The molecule has 1 aromatic carbocycles. The normalized spacial score (nSPS) is 24.6. The van der Waals surface area contributed by atoms with Crippen molar-refractivity contribution in [2.24, 2.45) is 16.8 Å². The molecule has 0 saturated carbocycles. The Bertz CT molecular complexity index is 881. The average molecular weight is 367 g/mol. The van der Waals surface area contributed by atoms with Gasteiger partial charge in [0, 0.05) is 18.3 Å². The third-order valence-electron chi connectivity index (χ3n) is 5.13. The van der Waals surface area contributed by atoms with Crippen LogP contribution in [0.4, 0.5) is 8.78 Å². The number of aliphatic imine (C=N–C) groups is 1. The number of nitriles is 1. The second-order valence-electron chi connectivity index (χ2n) is 6.91. The van der Waals surface area contributed by atoms with Gasteiger partial charge in [-0.1, -0.05) is 12.2 Å². The van der Waals surface area contributed by atoms with Gasteiger partial charge < -0.3 is 10.1 Å². The molecule has 138 valence electrons. The molecule has 0 spiro atoms. The topological polar surface area (TPSA) is 57.4 Å². The van der Waals surface area contributed by atoms with Crippen molar-refractivity contribution in [3.63, 3.8) is 0 Å². The summed E-state index contributed by atoms with van der Waals surface area (Å²) in [5.41, 5.74) is 0.514. The Balaban J connectivity index is 1.69. The van der Waals surface area contributed by atoms with E-state index in [0.29, 0.717) is 11.1 Å². The number of hydrogen-bond donors (Lipinski definition) is 1. The predicted molar refractivity (Wildman–Crippen MR) is 98.7 cm³/mol. The van der Waals surface area contributed by atoms with Crippen molar-refractivity contribution in [1.82, 2.24) is 5.32 Å². The van der Waals surface area contributed by atoms with Crippen molar-refractivity contribution in [2.75, 3.05) is 13.1 Å². The van der Waals surface area contributed by atoms with Gasteiger partial charge in [-0.05, 0) is 55.3 Å². The van der Waals surface area contributed by atoms with Crippen LogP contribution in [0.1, 0.15) is 24.0 Å². The van der Waals surface area contributed by atoms with Crippen molar-refractivity contribution >= 4 is 11.8 Å². The van der Waals surface area contributed by atoms with Crippen LogP contribution < -0.4 is 5.32 Å². The zero-order chi connectivity index (χ0) is 18.8. The average Bonchev–Trinajstić information content (AvgIpc) is 2.68. The van der Waals surface area contributed by atoms with E-state index in [0.717, 1.165) is 31.7 Å². The number of allylic oxidation sites excluding steroid dienone is 5. The van der Waals surface area contributed by atoms with Gasteiger partial charge in [-0.25, -0.2) is 8.78 Å². The Morgan fingerprint density at radius 2 is 1.93 bits per heavy atom. The molecule has 27 heavy (non-hydrogen) atoms. The van der Waals surface area contributed by atoms with Gasteiger partial charge in [-0.3, -0.25) is 4.99 Å². The zero-order valence-corrected chi connectivity index (χ0v) is 14.7. The summed E-state index contributed by atoms with van der Waals surface area (Å²) in [5, 5.41) is 12.2. The molecule has 3 aliphatic rings. The number of rotatable bonds is 3. The Hall–Kier alpha value is -2.78. The number of piperidine rings is 1. The molecule has 1 N–H and O–H groups in total. The van der Waals surface area contributed by atoms with Crippen LogP contribution in [0.25, 0.3) is 5.57 Å². The van der Waals surface area contributed by atoms with E-state index >= 15 is 0 Å². The number of benzene rings is 1. The van der Waals surface area contributed by atoms with Crippen LogP contribution in [-0.4, -0.2) is 25.4 Å². The Morgan fingerprint density at radius 1 is 1.19 bits per heavy atom. The van der Waals surface area contributed by atoms with Crippen molar-refractivity contribution < 1.29 is 13.5 Å². The molecular weight excluding hydrogens is 348 g/mol. The zero-order valence-electron chi connectivity index (χ0n) is 14.7. The summed E-state index contributed by atoms with van der Waals surface area (Å²) < 4.78 is 34.4. The largest absolute Gasteiger partial charge is 0.494 e. The van der Waals surface area contributed by atoms with Crippen LogP contribution >= 0.6 is 0 Å². The van der Waals surface area contributed by atoms with Crippen molar-refractivity contribution in [2.45, 2.75) is 18.9 Å². The van der Waals surface area contributed by atoms with E-state index in [4.69, 9.17) is 10.00 Å². The lowest BCUT2D eigenvalue weighted by Crippen LogP contribution is -2.34. The molecular formula is C21H19F2N3O. The summed E-state index contributed by atoms with van der Waals surface area (Å²) in [5.74, 6) is -0.943. The van der Waals surface area contributed by atoms with Crippen molar-refractivity contribution in [3.05, 3.63) is 65.1 Å². The Morgan fingerprint density at radius 3 is 2.63 bits per heavy atom. The molecule has 4 rings (SSSR count). The van der Waals surface area contributed by atoms with E-state index in [1.807, 2.05) is 24.4 Å². The molecule has 0 bridgehead atoms. The van der Waals surface area contributed by atoms with Gasteiger partial charge in [-0.2, -0.15) is 5.26 Å². The molecule has 2 aliphatic heterocycles. The van der Waals surface area contributed by atoms with Gasteiger partial charge in [0.1, 0.15) is 35.1 Å². The highest BCUT2D eigenvalue weighted by molar-refractivity contribution is 5.81. The highest BCUT2D eigenvalue weighted by Gasteiger charge is 2.30. The lowest BCUT2D eigenvalue weighted by Gasteiger charge is -2.32. The highest BCUT2D eigenvalue weighted by Crippen LogP contribution is 2.37. The molecule has 0 radical (unpaired) electrons. The summed E-state index contributed by atoms with van der Waals surface area (Å²) in [4.78, 5) is 4.23. The first kappa shape index (κ1) is 17.6. The summed E-state index contributed by atoms with van der Waals surface area (Å²) in [6, 6.07) is 3.96. The van der Waals surface area contributed by atoms with Gasteiger partial charge >= 0.3 is 0 Å². The standard InChI is InChI=1S/C21H19F2N3O/c22-19-8-15(9-20(23)17(19)11-24)14-7-13-1-4-26-12-18(13)21(10-14)27-16-2-5-25-6-3-16/h1,4,7-10,12-13,16,18,25H,2-3,5-6H2. The Labute approximate surface area is 156 Å². The lowest BCUT2D eigenvalue weighted by atomic mass is 9.82. The predicted octanol–water partition coefficient (Wildman–Crippen LogP) is 3.72. The smallest absolute Gasteiger partial charge is 0.144 e. The maximum absolute atomic E-state index is 14.1. The summed E-state index contributed by atoms with van der Waals surface area (Å²) in [6.45, 7) is 1.82. The maximum atomic E-state index is 14.1. The minimum absolute atomic E-state index is 0.0123. The van der Waals surface area contributed by atoms with E-state index in [1.54, 1.807) is 12.3 Å². The molecule has 1 aliphatic carbocycles. The van der Waals surface area contributed by atoms with Crippen LogP contribution in [-0.2, 0) is 4.74 Å². The van der Waals surface area contributed by atoms with Crippen LogP contribution in [0.15, 0.2) is 47.3 Å². The van der Waals surface area contributed by atoms with Crippen LogP contribution in [0.3, 0.4) is 0 Å². The molecule has 1 saturated heterocycles. The van der Waals surface area contributed by atoms with E-state index in [9.17, 15) is 8.78 Å². The number of ether oxygens (including phenoxy) is 1. The third kappa shape index (κ3) is 3.56. The highest BCUT2D eigenvalue weighted by atomic mass is 19.1. The monoisotopic (exact) mass is 367 g/mol. The van der Waals surface area contributed by atoms with Crippen LogP contribution in [0, 0.1) is 34.8 Å². The quantitative estimate of drug-likeness (QED) is 0.886. The summed E-state index contributed by atoms with van der Waals surface area (Å²) >= 11 is 0. The lowest BCUT2D eigenvalue weighted by molar-refractivity contribution is 0.0735. The van der Waals surface area contributed by atoms with E-state index < -0.39 is 17.2 Å². The SMILES string of the molecule is N#Cc1c(F)cc(C2=CC3C=CN=CC3C(OC3CCNCC3)=C2)cc1F. The molecule has 1 fully saturated rings. The first-order valence-electron chi connectivity index (χ1n) is 9.06. The molecule has 4 nitrogen and oxygen atoms in total. The van der Waals surface area contributed by atoms with Gasteiger partial charge in [-0.15, -0.1) is 0 Å². The molecule has 0 amide bonds. The van der Waals surface area contributed by atoms with Gasteiger partial charge in [0.15, 0.2) is 0 Å². The molecule has 2 unspecified atom stereocenters. The van der Waals surface area contributed by atoms with E-state index in [-0.39, 0.29) is 17.9 Å². The first-order valence-corrected chi connectivity index (χ1v) is 9.06. The molecule has 2 heterocycles. The summed E-state index contributed by atoms with van der Waals surface area (Å²) in [7, 11) is 0. The van der Waals surface area contributed by atoms with Gasteiger partial charge in [0.05, 0.1) is 5.92 Å². The molecule has 1 aromatic rings. The van der Waals surface area contributed by atoms with Crippen LogP contribution in [0.2, 0.25) is 0 Å². The number of hydrogen-bond acceptors (Lipinski definition) is 4. The minimum Gasteiger partial charge on any atom is -0.494 e. The van der Waals surface area contributed by atoms with E-state index in [2.05, 4.69) is 10.3 Å². The number of halogens is 2. The number of fused-ring (bicyclic) bond motifs is 1. The van der Waals surface area contributed by atoms with Crippen molar-refractivity contribution in [3.8, 4) is 6.07 Å². The van der Waals surface area contributed by atoms with Crippen LogP contribution in [0.5, 0.6) is 0 Å². The Kier molecular flexibility index (Phi) is 4.87. The van der Waals surface area contributed by atoms with Gasteiger partial charge in [0.25, 0.3) is 0 Å². The van der Waals surface area contributed by atoms with Gasteiger partial charge in [0.2, 0.25) is 0 Å². The fourth-order valence-electron chi connectivity index (χ4n) is 3.68. The molecule has 2 atom stereocenters. The fraction of sp³-hybridized carbons (Fsp3) is 0.333. The van der Waals surface area contributed by atoms with Crippen molar-refractivity contribution in [1.29, 1.82) is 5.26 Å². The minimum atomic E-state index is -0.856. The second-order valence-corrected chi connectivity index (χ2v) is 6.91. The maximum Gasteiger partial charge on any atom is 0.144 e. The van der Waals surface area contributed by atoms with E-state index in [1.165, 1.54) is 12.1 Å². The fourth-order valence-corrected chi connectivity index (χ4v) is 3.68. The number of nitrogens with zero attached hydrogens (tertiary/aromatic N) is 2. The summed E-state index contributed by atoms with van der Waals surface area (Å²) in [6.07, 6.45) is 11.3.